The van der Waals surface area contributed by atoms with Crippen LogP contribution in [0, 0.1) is 5.92 Å². The topological polar surface area (TPSA) is 95.9 Å². The third-order valence-corrected chi connectivity index (χ3v) is 6.65. The monoisotopic (exact) mass is 442 g/mol. The van der Waals surface area contributed by atoms with E-state index in [1.54, 1.807) is 61.7 Å². The molecule has 2 N–H and O–H groups in total. The number of aliphatic carboxylic acids is 1. The number of carbonyl (C=O) groups is 3. The van der Waals surface area contributed by atoms with Gasteiger partial charge in [-0.25, -0.2) is 4.90 Å². The summed E-state index contributed by atoms with van der Waals surface area (Å²) >= 11 is 0. The molecule has 33 heavy (non-hydrogen) atoms. The number of rotatable bonds is 5. The number of nitrogens with one attached hydrogen (secondary N) is 1. The SMILES string of the molecule is COc1ccc(C23C(=O)N(c4ccccc4)C(=O)[C@@H]2C(C(=O)O)NC3c2ccccc2)cc1. The van der Waals surface area contributed by atoms with Gasteiger partial charge in [-0.05, 0) is 35.4 Å². The number of ether oxygens (including phenoxy) is 1. The van der Waals surface area contributed by atoms with Gasteiger partial charge in [0, 0.05) is 0 Å². The lowest BCUT2D eigenvalue weighted by Gasteiger charge is -2.33. The highest BCUT2D eigenvalue weighted by Gasteiger charge is 2.72. The molecule has 5 rings (SSSR count). The van der Waals surface area contributed by atoms with Gasteiger partial charge in [0.15, 0.2) is 0 Å². The maximum absolute atomic E-state index is 14.3. The number of carboxylic acids is 1. The molecule has 0 spiro atoms. The Morgan fingerprint density at radius 2 is 1.55 bits per heavy atom. The highest BCUT2D eigenvalue weighted by atomic mass is 16.5. The minimum atomic E-state index is -1.44. The molecule has 3 aromatic carbocycles. The standard InChI is InChI=1S/C26H22N2O5/c1-33-19-14-12-17(13-15-19)26-20(23(29)28(25(26)32)18-10-6-3-7-11-18)21(24(30)31)27-22(26)16-8-4-2-5-9-16/h2-15,20-22,27H,1H3,(H,30,31)/t20-,21?,22?,26?/m0/s1. The maximum atomic E-state index is 14.3. The molecule has 2 fully saturated rings. The van der Waals surface area contributed by atoms with E-state index in [1.165, 1.54) is 0 Å². The molecular formula is C26H22N2O5. The van der Waals surface area contributed by atoms with Crippen molar-refractivity contribution in [1.82, 2.24) is 5.32 Å². The predicted molar refractivity (Wildman–Crippen MR) is 121 cm³/mol. The van der Waals surface area contributed by atoms with Gasteiger partial charge < -0.3 is 9.84 Å². The molecule has 0 radical (unpaired) electrons. The second-order valence-electron chi connectivity index (χ2n) is 8.22. The maximum Gasteiger partial charge on any atom is 0.321 e. The normalized spacial score (nSPS) is 26.3. The van der Waals surface area contributed by atoms with E-state index in [1.807, 2.05) is 30.3 Å². The zero-order valence-corrected chi connectivity index (χ0v) is 17.8. The van der Waals surface area contributed by atoms with Crippen molar-refractivity contribution in [2.45, 2.75) is 17.5 Å². The predicted octanol–water partition coefficient (Wildman–Crippen LogP) is 2.92. The summed E-state index contributed by atoms with van der Waals surface area (Å²) in [6.07, 6.45) is 0. The molecule has 2 heterocycles. The third-order valence-electron chi connectivity index (χ3n) is 6.65. The van der Waals surface area contributed by atoms with Crippen molar-refractivity contribution in [2.75, 3.05) is 12.0 Å². The average Bonchev–Trinajstić information content (AvgIpc) is 3.33. The molecule has 2 amide bonds. The fourth-order valence-corrected chi connectivity index (χ4v) is 5.24. The quantitative estimate of drug-likeness (QED) is 0.590. The Bertz CT molecular complexity index is 1210. The van der Waals surface area contributed by atoms with Crippen LogP contribution in [-0.4, -0.2) is 36.0 Å². The van der Waals surface area contributed by atoms with Crippen LogP contribution in [0.15, 0.2) is 84.9 Å². The Labute approximate surface area is 190 Å². The number of amides is 2. The first-order valence-electron chi connectivity index (χ1n) is 10.6. The largest absolute Gasteiger partial charge is 0.497 e. The summed E-state index contributed by atoms with van der Waals surface area (Å²) in [5.74, 6) is -2.67. The van der Waals surface area contributed by atoms with Gasteiger partial charge in [-0.15, -0.1) is 0 Å². The van der Waals surface area contributed by atoms with E-state index in [0.29, 0.717) is 17.0 Å². The van der Waals surface area contributed by atoms with Crippen molar-refractivity contribution in [3.63, 3.8) is 0 Å². The number of benzene rings is 3. The smallest absolute Gasteiger partial charge is 0.321 e. The number of para-hydroxylation sites is 1. The van der Waals surface area contributed by atoms with Crippen LogP contribution in [0.1, 0.15) is 17.2 Å². The van der Waals surface area contributed by atoms with E-state index in [-0.39, 0.29) is 0 Å². The Morgan fingerprint density at radius 3 is 2.12 bits per heavy atom. The zero-order chi connectivity index (χ0) is 23.2. The summed E-state index contributed by atoms with van der Waals surface area (Å²) in [7, 11) is 1.54. The minimum absolute atomic E-state index is 0.422. The summed E-state index contributed by atoms with van der Waals surface area (Å²) in [6.45, 7) is 0. The van der Waals surface area contributed by atoms with Crippen LogP contribution >= 0.6 is 0 Å². The van der Waals surface area contributed by atoms with Gasteiger partial charge in [0.25, 0.3) is 0 Å². The minimum Gasteiger partial charge on any atom is -0.497 e. The molecule has 0 aromatic heterocycles. The summed E-state index contributed by atoms with van der Waals surface area (Å²) < 4.78 is 5.28. The van der Waals surface area contributed by atoms with Gasteiger partial charge in [0.05, 0.1) is 24.8 Å². The molecule has 0 aliphatic carbocycles. The van der Waals surface area contributed by atoms with E-state index < -0.39 is 41.2 Å². The van der Waals surface area contributed by atoms with Crippen LogP contribution in [-0.2, 0) is 19.8 Å². The van der Waals surface area contributed by atoms with Crippen molar-refractivity contribution < 1.29 is 24.2 Å². The lowest BCUT2D eigenvalue weighted by atomic mass is 9.66. The summed E-state index contributed by atoms with van der Waals surface area (Å²) in [5.41, 5.74) is 0.280. The summed E-state index contributed by atoms with van der Waals surface area (Å²) in [6, 6.07) is 22.8. The van der Waals surface area contributed by atoms with Gasteiger partial charge in [-0.1, -0.05) is 60.7 Å². The molecule has 2 aliphatic heterocycles. The van der Waals surface area contributed by atoms with Gasteiger partial charge >= 0.3 is 5.97 Å². The number of fused-ring (bicyclic) bond motifs is 1. The molecule has 0 bridgehead atoms. The molecule has 3 unspecified atom stereocenters. The third kappa shape index (κ3) is 2.97. The average molecular weight is 442 g/mol. The van der Waals surface area contributed by atoms with Gasteiger partial charge in [-0.2, -0.15) is 0 Å². The van der Waals surface area contributed by atoms with Gasteiger partial charge in [-0.3, -0.25) is 19.7 Å². The van der Waals surface area contributed by atoms with E-state index >= 15 is 0 Å². The zero-order valence-electron chi connectivity index (χ0n) is 17.8. The first-order chi connectivity index (χ1) is 16.0. The number of imide groups is 1. The summed E-state index contributed by atoms with van der Waals surface area (Å²) in [4.78, 5) is 41.5. The Morgan fingerprint density at radius 1 is 0.939 bits per heavy atom. The number of carbonyl (C=O) groups excluding carboxylic acids is 2. The first kappa shape index (κ1) is 20.9. The number of hydrogen-bond donors (Lipinski definition) is 2. The van der Waals surface area contributed by atoms with Gasteiger partial charge in [0.1, 0.15) is 17.2 Å². The lowest BCUT2D eigenvalue weighted by Crippen LogP contribution is -2.45. The van der Waals surface area contributed by atoms with Crippen LogP contribution in [0.3, 0.4) is 0 Å². The molecular weight excluding hydrogens is 420 g/mol. The lowest BCUT2D eigenvalue weighted by molar-refractivity contribution is -0.142. The van der Waals surface area contributed by atoms with Crippen LogP contribution in [0.5, 0.6) is 5.75 Å². The highest BCUT2D eigenvalue weighted by molar-refractivity contribution is 6.27. The van der Waals surface area contributed by atoms with Crippen molar-refractivity contribution in [2.24, 2.45) is 5.92 Å². The number of methoxy groups -OCH3 is 1. The van der Waals surface area contributed by atoms with Crippen LogP contribution < -0.4 is 15.0 Å². The number of anilines is 1. The first-order valence-corrected chi connectivity index (χ1v) is 10.6. The van der Waals surface area contributed by atoms with Gasteiger partial charge in [0.2, 0.25) is 11.8 Å². The second kappa shape index (κ2) is 7.86. The highest BCUT2D eigenvalue weighted by Crippen LogP contribution is 2.56. The summed E-state index contributed by atoms with van der Waals surface area (Å²) in [5, 5.41) is 13.2. The fourth-order valence-electron chi connectivity index (χ4n) is 5.24. The molecule has 7 nitrogen and oxygen atoms in total. The van der Waals surface area contributed by atoms with E-state index in [2.05, 4.69) is 5.32 Å². The molecule has 166 valence electrons. The second-order valence-corrected chi connectivity index (χ2v) is 8.22. The van der Waals surface area contributed by atoms with Crippen molar-refractivity contribution in [3.8, 4) is 5.75 Å². The molecule has 2 aliphatic rings. The van der Waals surface area contributed by atoms with Crippen LogP contribution in [0.2, 0.25) is 0 Å². The van der Waals surface area contributed by atoms with Crippen molar-refractivity contribution in [1.29, 1.82) is 0 Å². The van der Waals surface area contributed by atoms with Crippen molar-refractivity contribution in [3.05, 3.63) is 96.1 Å². The van der Waals surface area contributed by atoms with E-state index in [9.17, 15) is 19.5 Å². The van der Waals surface area contributed by atoms with Crippen LogP contribution in [0.25, 0.3) is 0 Å². The van der Waals surface area contributed by atoms with E-state index in [0.717, 1.165) is 10.5 Å². The number of nitrogens with zero attached hydrogens (tertiary/aromatic N) is 1. The number of hydrogen-bond acceptors (Lipinski definition) is 5. The Balaban J connectivity index is 1.78. The fraction of sp³-hybridized carbons (Fsp3) is 0.192. The molecule has 4 atom stereocenters. The van der Waals surface area contributed by atoms with E-state index in [4.69, 9.17) is 4.74 Å². The molecule has 3 aromatic rings. The molecule has 0 saturated carbocycles. The number of carboxylic acid groups (broad SMARTS) is 1. The Kier molecular flexibility index (Phi) is 4.98. The molecule has 2 saturated heterocycles. The van der Waals surface area contributed by atoms with Crippen LogP contribution in [0.4, 0.5) is 5.69 Å². The van der Waals surface area contributed by atoms with Crippen molar-refractivity contribution >= 4 is 23.5 Å². The molecule has 7 heteroatoms. The Hall–Kier alpha value is -3.97.